The molecule has 0 N–H and O–H groups in total. The Kier molecular flexibility index (Phi) is 6.99. The third-order valence-corrected chi connectivity index (χ3v) is 7.88. The zero-order valence-corrected chi connectivity index (χ0v) is 16.5. The van der Waals surface area contributed by atoms with Crippen molar-refractivity contribution in [1.82, 2.24) is 0 Å². The molecular weight excluding hydrogens is 344 g/mol. The van der Waals surface area contributed by atoms with Crippen molar-refractivity contribution in [3.8, 4) is 5.75 Å². The van der Waals surface area contributed by atoms with Crippen molar-refractivity contribution >= 4 is 21.4 Å². The van der Waals surface area contributed by atoms with E-state index < -0.39 is 9.84 Å². The van der Waals surface area contributed by atoms with E-state index in [9.17, 15) is 8.42 Å². The molecule has 24 heavy (non-hydrogen) atoms. The third kappa shape index (κ3) is 5.38. The van der Waals surface area contributed by atoms with E-state index in [1.54, 1.807) is 21.0 Å². The van der Waals surface area contributed by atoms with Crippen LogP contribution in [-0.2, 0) is 16.3 Å². The molecule has 0 radical (unpaired) electrons. The molecule has 0 heterocycles. The molecule has 1 aliphatic carbocycles. The van der Waals surface area contributed by atoms with Gasteiger partial charge in [-0.25, -0.2) is 8.42 Å². The van der Waals surface area contributed by atoms with E-state index in [4.69, 9.17) is 16.3 Å². The minimum Gasteiger partial charge on any atom is -0.495 e. The van der Waals surface area contributed by atoms with Gasteiger partial charge >= 0.3 is 0 Å². The molecule has 0 unspecified atom stereocenters. The van der Waals surface area contributed by atoms with Gasteiger partial charge < -0.3 is 4.74 Å². The van der Waals surface area contributed by atoms with Crippen LogP contribution in [0.3, 0.4) is 0 Å². The van der Waals surface area contributed by atoms with Crippen molar-refractivity contribution < 1.29 is 13.2 Å². The fourth-order valence-corrected chi connectivity index (χ4v) is 5.10. The van der Waals surface area contributed by atoms with Crippen molar-refractivity contribution in [2.45, 2.75) is 57.6 Å². The second-order valence-electron chi connectivity index (χ2n) is 7.27. The number of hydrogen-bond acceptors (Lipinski definition) is 3. The van der Waals surface area contributed by atoms with Gasteiger partial charge in [0.1, 0.15) is 5.75 Å². The minimum absolute atomic E-state index is 0.255. The minimum atomic E-state index is -2.91. The number of hydrogen-bond donors (Lipinski definition) is 0. The van der Waals surface area contributed by atoms with E-state index >= 15 is 0 Å². The van der Waals surface area contributed by atoms with Crippen LogP contribution in [0.4, 0.5) is 0 Å². The lowest BCUT2D eigenvalue weighted by Gasteiger charge is -2.28. The van der Waals surface area contributed by atoms with Gasteiger partial charge in [0.05, 0.1) is 23.1 Å². The summed E-state index contributed by atoms with van der Waals surface area (Å²) in [5.41, 5.74) is 1.24. The largest absolute Gasteiger partial charge is 0.495 e. The molecule has 3 nitrogen and oxygen atoms in total. The lowest BCUT2D eigenvalue weighted by molar-refractivity contribution is 0.278. The van der Waals surface area contributed by atoms with Crippen LogP contribution in [0.25, 0.3) is 0 Å². The number of rotatable bonds is 7. The Morgan fingerprint density at radius 1 is 1.17 bits per heavy atom. The van der Waals surface area contributed by atoms with Crippen molar-refractivity contribution in [3.05, 3.63) is 28.8 Å². The molecule has 0 saturated heterocycles. The summed E-state index contributed by atoms with van der Waals surface area (Å²) >= 11 is 6.18. The molecule has 0 bridgehead atoms. The van der Waals surface area contributed by atoms with Gasteiger partial charge in [-0.1, -0.05) is 30.5 Å². The Labute approximate surface area is 151 Å². The van der Waals surface area contributed by atoms with Gasteiger partial charge in [-0.2, -0.15) is 0 Å². The molecule has 2 rings (SSSR count). The molecule has 1 saturated carbocycles. The van der Waals surface area contributed by atoms with Gasteiger partial charge in [-0.3, -0.25) is 0 Å². The highest BCUT2D eigenvalue weighted by Crippen LogP contribution is 2.33. The lowest BCUT2D eigenvalue weighted by atomic mass is 9.80. The Morgan fingerprint density at radius 2 is 1.79 bits per heavy atom. The molecule has 0 spiro atoms. The molecule has 1 aliphatic rings. The van der Waals surface area contributed by atoms with Crippen LogP contribution in [0, 0.1) is 11.8 Å². The Bertz CT molecular complexity index is 632. The number of sulfone groups is 1. The predicted octanol–water partition coefficient (Wildman–Crippen LogP) is 4.91. The summed E-state index contributed by atoms with van der Waals surface area (Å²) in [6.07, 6.45) is 6.53. The number of aryl methyl sites for hydroxylation is 1. The smallest absolute Gasteiger partial charge is 0.152 e. The highest BCUT2D eigenvalue weighted by Gasteiger charge is 2.27. The molecule has 0 atom stereocenters. The first-order chi connectivity index (χ1) is 11.3. The van der Waals surface area contributed by atoms with Crippen LogP contribution in [0.15, 0.2) is 18.2 Å². The summed E-state index contributed by atoms with van der Waals surface area (Å²) in [6.45, 7) is 3.56. The van der Waals surface area contributed by atoms with Crippen molar-refractivity contribution in [3.63, 3.8) is 0 Å². The Balaban J connectivity index is 1.78. The second kappa shape index (κ2) is 8.57. The summed E-state index contributed by atoms with van der Waals surface area (Å²) in [6, 6.07) is 5.98. The molecule has 1 fully saturated rings. The maximum Gasteiger partial charge on any atom is 0.152 e. The highest BCUT2D eigenvalue weighted by atomic mass is 35.5. The third-order valence-electron chi connectivity index (χ3n) is 5.21. The topological polar surface area (TPSA) is 43.4 Å². The zero-order chi connectivity index (χ0) is 17.7. The van der Waals surface area contributed by atoms with Crippen molar-refractivity contribution in [1.29, 1.82) is 0 Å². The molecule has 0 amide bonds. The van der Waals surface area contributed by atoms with Gasteiger partial charge in [-0.15, -0.1) is 0 Å². The number of methoxy groups -OCH3 is 1. The van der Waals surface area contributed by atoms with Crippen molar-refractivity contribution in [2.24, 2.45) is 11.8 Å². The van der Waals surface area contributed by atoms with E-state index in [0.29, 0.717) is 28.4 Å². The lowest BCUT2D eigenvalue weighted by Crippen LogP contribution is -2.26. The van der Waals surface area contributed by atoms with Crippen LogP contribution in [-0.4, -0.2) is 26.5 Å². The average Bonchev–Trinajstić information content (AvgIpc) is 2.54. The van der Waals surface area contributed by atoms with E-state index in [0.717, 1.165) is 38.5 Å². The quantitative estimate of drug-likeness (QED) is 0.682. The molecule has 1 aromatic carbocycles. The van der Waals surface area contributed by atoms with Crippen LogP contribution in [0.2, 0.25) is 5.02 Å². The Hall–Kier alpha value is -0.740. The first kappa shape index (κ1) is 19.6. The summed E-state index contributed by atoms with van der Waals surface area (Å²) in [4.78, 5) is 0. The molecule has 5 heteroatoms. The van der Waals surface area contributed by atoms with Crippen molar-refractivity contribution in [2.75, 3.05) is 12.9 Å². The highest BCUT2D eigenvalue weighted by molar-refractivity contribution is 7.91. The van der Waals surface area contributed by atoms with Crippen LogP contribution in [0.1, 0.15) is 51.5 Å². The van der Waals surface area contributed by atoms with Gasteiger partial charge in [0, 0.05) is 0 Å². The standard InChI is InChI=1S/C19H29ClO3S/c1-14(2)24(21,22)13-17-8-5-15(6-9-17)4-7-16-10-11-19(23-3)18(20)12-16/h10-12,14-15,17H,4-9,13H2,1-3H3. The maximum absolute atomic E-state index is 12.1. The van der Waals surface area contributed by atoms with Gasteiger partial charge in [0.15, 0.2) is 9.84 Å². The second-order valence-corrected chi connectivity index (χ2v) is 10.3. The van der Waals surface area contributed by atoms with E-state index in [1.165, 1.54) is 5.56 Å². The summed E-state index contributed by atoms with van der Waals surface area (Å²) in [5.74, 6) is 2.13. The summed E-state index contributed by atoms with van der Waals surface area (Å²) in [7, 11) is -1.28. The number of ether oxygens (including phenoxy) is 1. The average molecular weight is 373 g/mol. The first-order valence-electron chi connectivity index (χ1n) is 8.85. The number of halogens is 1. The zero-order valence-electron chi connectivity index (χ0n) is 14.9. The molecular formula is C19H29ClO3S. The SMILES string of the molecule is COc1ccc(CCC2CCC(CS(=O)(=O)C(C)C)CC2)cc1Cl. The van der Waals surface area contributed by atoms with E-state index in [1.807, 2.05) is 12.1 Å². The first-order valence-corrected chi connectivity index (χ1v) is 10.9. The summed E-state index contributed by atoms with van der Waals surface area (Å²) in [5, 5.41) is 0.410. The van der Waals surface area contributed by atoms with E-state index in [-0.39, 0.29) is 5.25 Å². The fraction of sp³-hybridized carbons (Fsp3) is 0.684. The normalized spacial score (nSPS) is 21.9. The summed E-state index contributed by atoms with van der Waals surface area (Å²) < 4.78 is 29.3. The fourth-order valence-electron chi connectivity index (χ4n) is 3.44. The monoisotopic (exact) mass is 372 g/mol. The Morgan fingerprint density at radius 3 is 2.33 bits per heavy atom. The van der Waals surface area contributed by atoms with Crippen LogP contribution >= 0.6 is 11.6 Å². The predicted molar refractivity (Wildman–Crippen MR) is 101 cm³/mol. The van der Waals surface area contributed by atoms with Gasteiger partial charge in [-0.05, 0) is 69.1 Å². The maximum atomic E-state index is 12.1. The van der Waals surface area contributed by atoms with Crippen LogP contribution < -0.4 is 4.74 Å². The molecule has 0 aliphatic heterocycles. The molecule has 1 aromatic rings. The van der Waals surface area contributed by atoms with Gasteiger partial charge in [0.25, 0.3) is 0 Å². The van der Waals surface area contributed by atoms with Crippen LogP contribution in [0.5, 0.6) is 5.75 Å². The number of benzene rings is 1. The molecule has 0 aromatic heterocycles. The van der Waals surface area contributed by atoms with E-state index in [2.05, 4.69) is 6.07 Å². The molecule has 136 valence electrons. The van der Waals surface area contributed by atoms with Gasteiger partial charge in [0.2, 0.25) is 0 Å².